The summed E-state index contributed by atoms with van der Waals surface area (Å²) in [4.78, 5) is 2.22. The van der Waals surface area contributed by atoms with E-state index in [1.54, 1.807) is 11.8 Å². The predicted octanol–water partition coefficient (Wildman–Crippen LogP) is 1.96. The van der Waals surface area contributed by atoms with Gasteiger partial charge < -0.3 is 5.32 Å². The van der Waals surface area contributed by atoms with Crippen LogP contribution in [0.3, 0.4) is 0 Å². The number of sulfone groups is 1. The van der Waals surface area contributed by atoms with Gasteiger partial charge >= 0.3 is 0 Å². The normalized spacial score (nSPS) is 27.5. The molecule has 1 saturated carbocycles. The third-order valence-corrected chi connectivity index (χ3v) is 7.20. The molecule has 0 spiro atoms. The van der Waals surface area contributed by atoms with Gasteiger partial charge in [-0.1, -0.05) is 20.3 Å². The van der Waals surface area contributed by atoms with Crippen molar-refractivity contribution in [2.75, 3.05) is 37.4 Å². The SMILES string of the molecule is CCCC(C)(CNC1CC1)CN1CCSCC1S(C)(=O)=O. The molecule has 6 heteroatoms. The van der Waals surface area contributed by atoms with Crippen LogP contribution in [0.2, 0.25) is 0 Å². The molecule has 124 valence electrons. The molecule has 1 saturated heterocycles. The second-order valence-electron chi connectivity index (χ2n) is 7.05. The second kappa shape index (κ2) is 7.20. The number of nitrogens with zero attached hydrogens (tertiary/aromatic N) is 1. The molecular weight excluding hydrogens is 304 g/mol. The molecule has 2 unspecified atom stereocenters. The van der Waals surface area contributed by atoms with E-state index in [1.165, 1.54) is 19.1 Å². The summed E-state index contributed by atoms with van der Waals surface area (Å²) in [5.41, 5.74) is 0.169. The van der Waals surface area contributed by atoms with E-state index in [4.69, 9.17) is 0 Å². The summed E-state index contributed by atoms with van der Waals surface area (Å²) < 4.78 is 24.1. The predicted molar refractivity (Wildman–Crippen MR) is 91.6 cm³/mol. The highest BCUT2D eigenvalue weighted by Gasteiger charge is 2.36. The standard InChI is InChI=1S/C15H30N2O2S2/c1-4-7-15(2,11-16-13-5-6-13)12-17-8-9-20-10-14(17)21(3,18)19/h13-14,16H,4-12H2,1-3H3. The number of thioether (sulfide) groups is 1. The third-order valence-electron chi connectivity index (χ3n) is 4.52. The van der Waals surface area contributed by atoms with E-state index in [9.17, 15) is 8.42 Å². The lowest BCUT2D eigenvalue weighted by Crippen LogP contribution is -2.52. The first kappa shape index (κ1) is 17.6. The van der Waals surface area contributed by atoms with E-state index in [-0.39, 0.29) is 10.8 Å². The van der Waals surface area contributed by atoms with Crippen LogP contribution >= 0.6 is 11.8 Å². The number of hydrogen-bond donors (Lipinski definition) is 1. The molecule has 0 aromatic rings. The molecule has 0 aromatic carbocycles. The molecule has 1 aliphatic carbocycles. The Kier molecular flexibility index (Phi) is 6.02. The second-order valence-corrected chi connectivity index (χ2v) is 10.4. The first-order chi connectivity index (χ1) is 9.84. The molecule has 2 fully saturated rings. The summed E-state index contributed by atoms with van der Waals surface area (Å²) in [6, 6.07) is 0.712. The van der Waals surface area contributed by atoms with Gasteiger partial charge in [0, 0.05) is 43.4 Å². The van der Waals surface area contributed by atoms with Crippen molar-refractivity contribution >= 4 is 21.6 Å². The number of hydrogen-bond acceptors (Lipinski definition) is 5. The van der Waals surface area contributed by atoms with Crippen molar-refractivity contribution in [1.82, 2.24) is 10.2 Å². The first-order valence-corrected chi connectivity index (χ1v) is 11.2. The van der Waals surface area contributed by atoms with Crippen LogP contribution in [-0.2, 0) is 9.84 Å². The first-order valence-electron chi connectivity index (χ1n) is 8.08. The molecule has 2 atom stereocenters. The van der Waals surface area contributed by atoms with Crippen LogP contribution in [-0.4, -0.2) is 62.1 Å². The number of rotatable bonds is 8. The summed E-state index contributed by atoms with van der Waals surface area (Å²) in [7, 11) is -3.00. The number of nitrogens with one attached hydrogen (secondary N) is 1. The molecule has 1 heterocycles. The van der Waals surface area contributed by atoms with E-state index in [2.05, 4.69) is 24.1 Å². The monoisotopic (exact) mass is 334 g/mol. The fourth-order valence-electron chi connectivity index (χ4n) is 3.19. The lowest BCUT2D eigenvalue weighted by Gasteiger charge is -2.41. The minimum atomic E-state index is -3.00. The molecule has 0 aromatic heterocycles. The zero-order valence-electron chi connectivity index (χ0n) is 13.6. The molecule has 2 rings (SSSR count). The van der Waals surface area contributed by atoms with Crippen LogP contribution in [0, 0.1) is 5.41 Å². The van der Waals surface area contributed by atoms with Crippen LogP contribution in [0.25, 0.3) is 0 Å². The van der Waals surface area contributed by atoms with E-state index < -0.39 is 9.84 Å². The van der Waals surface area contributed by atoms with Crippen LogP contribution < -0.4 is 5.32 Å². The Balaban J connectivity index is 2.01. The highest BCUT2D eigenvalue weighted by atomic mass is 32.2. The van der Waals surface area contributed by atoms with Gasteiger partial charge in [-0.05, 0) is 24.7 Å². The fraction of sp³-hybridized carbons (Fsp3) is 1.00. The molecule has 0 radical (unpaired) electrons. The Bertz CT molecular complexity index is 437. The maximum absolute atomic E-state index is 12.0. The zero-order chi connectivity index (χ0) is 15.5. The van der Waals surface area contributed by atoms with Gasteiger partial charge in [0.15, 0.2) is 9.84 Å². The van der Waals surface area contributed by atoms with Crippen molar-refractivity contribution in [2.45, 2.75) is 50.9 Å². The summed E-state index contributed by atoms with van der Waals surface area (Å²) in [5, 5.41) is 3.35. The Morgan fingerprint density at radius 2 is 2.10 bits per heavy atom. The molecule has 0 amide bonds. The Hall–Kier alpha value is 0.220. The van der Waals surface area contributed by atoms with Crippen molar-refractivity contribution in [2.24, 2.45) is 5.41 Å². The highest BCUT2D eigenvalue weighted by molar-refractivity contribution is 8.00. The van der Waals surface area contributed by atoms with Gasteiger partial charge in [-0.15, -0.1) is 0 Å². The van der Waals surface area contributed by atoms with Gasteiger partial charge in [-0.25, -0.2) is 8.42 Å². The molecule has 1 N–H and O–H groups in total. The van der Waals surface area contributed by atoms with Crippen molar-refractivity contribution in [3.63, 3.8) is 0 Å². The maximum Gasteiger partial charge on any atom is 0.164 e. The zero-order valence-corrected chi connectivity index (χ0v) is 15.2. The quantitative estimate of drug-likeness (QED) is 0.735. The van der Waals surface area contributed by atoms with E-state index in [0.29, 0.717) is 6.04 Å². The lowest BCUT2D eigenvalue weighted by atomic mass is 9.84. The van der Waals surface area contributed by atoms with Crippen molar-refractivity contribution in [3.8, 4) is 0 Å². The molecule has 2 aliphatic rings. The highest BCUT2D eigenvalue weighted by Crippen LogP contribution is 2.30. The minimum Gasteiger partial charge on any atom is -0.313 e. The average molecular weight is 335 g/mol. The smallest absolute Gasteiger partial charge is 0.164 e. The van der Waals surface area contributed by atoms with E-state index >= 15 is 0 Å². The Morgan fingerprint density at radius 3 is 2.67 bits per heavy atom. The minimum absolute atomic E-state index is 0.169. The third kappa shape index (κ3) is 5.41. The van der Waals surface area contributed by atoms with E-state index in [0.717, 1.165) is 44.0 Å². The van der Waals surface area contributed by atoms with Gasteiger partial charge in [0.1, 0.15) is 5.37 Å². The van der Waals surface area contributed by atoms with Gasteiger partial charge in [-0.3, -0.25) is 4.90 Å². The van der Waals surface area contributed by atoms with Gasteiger partial charge in [0.05, 0.1) is 0 Å². The van der Waals surface area contributed by atoms with Crippen LogP contribution in [0.1, 0.15) is 39.5 Å². The Labute approximate surface area is 134 Å². The van der Waals surface area contributed by atoms with Gasteiger partial charge in [-0.2, -0.15) is 11.8 Å². The molecule has 4 nitrogen and oxygen atoms in total. The van der Waals surface area contributed by atoms with Gasteiger partial charge in [0.25, 0.3) is 0 Å². The topological polar surface area (TPSA) is 49.4 Å². The summed E-state index contributed by atoms with van der Waals surface area (Å²) in [6.45, 7) is 7.32. The molecule has 0 bridgehead atoms. The maximum atomic E-state index is 12.0. The van der Waals surface area contributed by atoms with Gasteiger partial charge in [0.2, 0.25) is 0 Å². The van der Waals surface area contributed by atoms with Crippen molar-refractivity contribution in [3.05, 3.63) is 0 Å². The van der Waals surface area contributed by atoms with E-state index in [1.807, 2.05) is 0 Å². The largest absolute Gasteiger partial charge is 0.313 e. The summed E-state index contributed by atoms with van der Waals surface area (Å²) in [5.74, 6) is 1.77. The summed E-state index contributed by atoms with van der Waals surface area (Å²) in [6.07, 6.45) is 6.28. The molecule has 21 heavy (non-hydrogen) atoms. The van der Waals surface area contributed by atoms with Crippen LogP contribution in [0.15, 0.2) is 0 Å². The van der Waals surface area contributed by atoms with Crippen LogP contribution in [0.4, 0.5) is 0 Å². The van der Waals surface area contributed by atoms with Crippen LogP contribution in [0.5, 0.6) is 0 Å². The summed E-state index contributed by atoms with van der Waals surface area (Å²) >= 11 is 1.76. The fourth-order valence-corrected chi connectivity index (χ4v) is 6.13. The van der Waals surface area contributed by atoms with Crippen molar-refractivity contribution in [1.29, 1.82) is 0 Å². The average Bonchev–Trinajstić information content (AvgIpc) is 3.20. The Morgan fingerprint density at radius 1 is 1.38 bits per heavy atom. The van der Waals surface area contributed by atoms with Crippen molar-refractivity contribution < 1.29 is 8.42 Å². The lowest BCUT2D eigenvalue weighted by molar-refractivity contribution is 0.146. The molecular formula is C15H30N2O2S2. The molecule has 1 aliphatic heterocycles.